The van der Waals surface area contributed by atoms with Crippen LogP contribution < -0.4 is 5.32 Å². The molecule has 94 valence electrons. The Balaban J connectivity index is 1.56. The monoisotopic (exact) mass is 258 g/mol. The summed E-state index contributed by atoms with van der Waals surface area (Å²) in [5.74, 6) is 0. The molecule has 1 atom stereocenters. The van der Waals surface area contributed by atoms with E-state index in [-0.39, 0.29) is 0 Å². The lowest BCUT2D eigenvalue weighted by Crippen LogP contribution is -2.21. The van der Waals surface area contributed by atoms with E-state index in [0.717, 1.165) is 18.0 Å². The summed E-state index contributed by atoms with van der Waals surface area (Å²) in [7, 11) is 0. The van der Waals surface area contributed by atoms with Crippen molar-refractivity contribution in [2.75, 3.05) is 6.54 Å². The van der Waals surface area contributed by atoms with E-state index in [1.54, 1.807) is 11.3 Å². The highest BCUT2D eigenvalue weighted by Gasteiger charge is 2.20. The lowest BCUT2D eigenvalue weighted by atomic mass is 10.1. The highest BCUT2D eigenvalue weighted by atomic mass is 32.1. The number of nitrogens with one attached hydrogen (secondary N) is 1. The molecule has 3 heteroatoms. The van der Waals surface area contributed by atoms with Gasteiger partial charge in [0.2, 0.25) is 0 Å². The second kappa shape index (κ2) is 5.21. The normalized spacial score (nSPS) is 17.9. The Hall–Kier alpha value is -1.19. The minimum atomic E-state index is 0.543. The van der Waals surface area contributed by atoms with Gasteiger partial charge in [-0.2, -0.15) is 0 Å². The van der Waals surface area contributed by atoms with Crippen LogP contribution in [0.25, 0.3) is 0 Å². The molecule has 0 saturated heterocycles. The van der Waals surface area contributed by atoms with E-state index < -0.39 is 0 Å². The Morgan fingerprint density at radius 2 is 2.28 bits per heavy atom. The number of fused-ring (bicyclic) bond motifs is 1. The highest BCUT2D eigenvalue weighted by molar-refractivity contribution is 7.09. The summed E-state index contributed by atoms with van der Waals surface area (Å²) in [5, 5.41) is 6.99. The molecule has 0 saturated carbocycles. The standard InChI is InChI=1S/C15H18N2S/c1-11-17-13(10-18-11)8-9-16-15-7-6-12-4-2-3-5-14(12)15/h2-5,10,15-16H,6-9H2,1H3/t15-/m0/s1. The number of hydrogen-bond acceptors (Lipinski definition) is 3. The van der Waals surface area contributed by atoms with Crippen LogP contribution in [-0.2, 0) is 12.8 Å². The number of benzene rings is 1. The molecule has 3 rings (SSSR count). The summed E-state index contributed by atoms with van der Waals surface area (Å²) in [6, 6.07) is 9.33. The average molecular weight is 258 g/mol. The number of nitrogens with zero attached hydrogens (tertiary/aromatic N) is 1. The lowest BCUT2D eigenvalue weighted by Gasteiger charge is -2.13. The Morgan fingerprint density at radius 3 is 3.11 bits per heavy atom. The summed E-state index contributed by atoms with van der Waals surface area (Å²) in [5.41, 5.74) is 4.22. The Labute approximate surface area is 112 Å². The largest absolute Gasteiger partial charge is 0.310 e. The molecule has 1 N–H and O–H groups in total. The van der Waals surface area contributed by atoms with Crippen molar-refractivity contribution in [3.63, 3.8) is 0 Å². The van der Waals surface area contributed by atoms with Gasteiger partial charge in [0.1, 0.15) is 0 Å². The van der Waals surface area contributed by atoms with Crippen LogP contribution in [0.5, 0.6) is 0 Å². The van der Waals surface area contributed by atoms with E-state index in [1.807, 2.05) is 0 Å². The first kappa shape index (κ1) is 11.9. The third-order valence-corrected chi connectivity index (χ3v) is 4.39. The van der Waals surface area contributed by atoms with Gasteiger partial charge in [-0.05, 0) is 30.9 Å². The van der Waals surface area contributed by atoms with Gasteiger partial charge in [0.15, 0.2) is 0 Å². The first-order chi connectivity index (χ1) is 8.83. The predicted molar refractivity (Wildman–Crippen MR) is 76.1 cm³/mol. The Morgan fingerprint density at radius 1 is 1.39 bits per heavy atom. The molecule has 1 heterocycles. The van der Waals surface area contributed by atoms with Crippen LogP contribution in [0.2, 0.25) is 0 Å². The zero-order valence-electron chi connectivity index (χ0n) is 10.6. The molecular formula is C15H18N2S. The van der Waals surface area contributed by atoms with Crippen LogP contribution in [0.4, 0.5) is 0 Å². The quantitative estimate of drug-likeness (QED) is 0.910. The summed E-state index contributed by atoms with van der Waals surface area (Å²) in [6.07, 6.45) is 3.47. The molecule has 18 heavy (non-hydrogen) atoms. The lowest BCUT2D eigenvalue weighted by molar-refractivity contribution is 0.532. The Kier molecular flexibility index (Phi) is 3.43. The van der Waals surface area contributed by atoms with Crippen LogP contribution in [0.15, 0.2) is 29.6 Å². The number of aryl methyl sites for hydroxylation is 2. The molecule has 1 aliphatic rings. The van der Waals surface area contributed by atoms with Crippen molar-refractivity contribution in [3.8, 4) is 0 Å². The fourth-order valence-corrected chi connectivity index (χ4v) is 3.31. The number of rotatable bonds is 4. The minimum Gasteiger partial charge on any atom is -0.310 e. The van der Waals surface area contributed by atoms with Gasteiger partial charge in [-0.1, -0.05) is 24.3 Å². The summed E-state index contributed by atoms with van der Waals surface area (Å²) < 4.78 is 0. The van der Waals surface area contributed by atoms with Crippen molar-refractivity contribution in [2.45, 2.75) is 32.2 Å². The first-order valence-corrected chi connectivity index (χ1v) is 7.43. The summed E-state index contributed by atoms with van der Waals surface area (Å²) in [4.78, 5) is 4.50. The van der Waals surface area contributed by atoms with E-state index >= 15 is 0 Å². The SMILES string of the molecule is Cc1nc(CCN[C@H]2CCc3ccccc32)cs1. The van der Waals surface area contributed by atoms with E-state index in [4.69, 9.17) is 0 Å². The van der Waals surface area contributed by atoms with Gasteiger partial charge in [-0.15, -0.1) is 11.3 Å². The van der Waals surface area contributed by atoms with Gasteiger partial charge >= 0.3 is 0 Å². The van der Waals surface area contributed by atoms with Gasteiger partial charge in [0.05, 0.1) is 10.7 Å². The summed E-state index contributed by atoms with van der Waals surface area (Å²) in [6.45, 7) is 3.08. The topological polar surface area (TPSA) is 24.9 Å². The molecular weight excluding hydrogens is 240 g/mol. The fraction of sp³-hybridized carbons (Fsp3) is 0.400. The highest BCUT2D eigenvalue weighted by Crippen LogP contribution is 2.30. The molecule has 0 radical (unpaired) electrons. The molecule has 0 amide bonds. The molecule has 0 fully saturated rings. The molecule has 1 aromatic heterocycles. The second-order valence-corrected chi connectivity index (χ2v) is 5.91. The van der Waals surface area contributed by atoms with Gasteiger partial charge < -0.3 is 5.32 Å². The zero-order valence-corrected chi connectivity index (χ0v) is 11.5. The number of aromatic nitrogens is 1. The minimum absolute atomic E-state index is 0.543. The van der Waals surface area contributed by atoms with Crippen molar-refractivity contribution >= 4 is 11.3 Å². The van der Waals surface area contributed by atoms with Gasteiger partial charge in [0.25, 0.3) is 0 Å². The maximum atomic E-state index is 4.50. The van der Waals surface area contributed by atoms with E-state index in [0.29, 0.717) is 6.04 Å². The van der Waals surface area contributed by atoms with Crippen molar-refractivity contribution in [3.05, 3.63) is 51.5 Å². The predicted octanol–water partition coefficient (Wildman–Crippen LogP) is 3.27. The zero-order chi connectivity index (χ0) is 12.4. The first-order valence-electron chi connectivity index (χ1n) is 6.55. The van der Waals surface area contributed by atoms with Crippen molar-refractivity contribution < 1.29 is 0 Å². The third-order valence-electron chi connectivity index (χ3n) is 3.57. The van der Waals surface area contributed by atoms with E-state index in [9.17, 15) is 0 Å². The molecule has 2 nitrogen and oxygen atoms in total. The number of hydrogen-bond donors (Lipinski definition) is 1. The average Bonchev–Trinajstić information content (AvgIpc) is 2.97. The van der Waals surface area contributed by atoms with Gasteiger partial charge in [0, 0.05) is 24.4 Å². The van der Waals surface area contributed by atoms with Gasteiger partial charge in [-0.25, -0.2) is 4.98 Å². The maximum absolute atomic E-state index is 4.50. The van der Waals surface area contributed by atoms with Crippen LogP contribution in [-0.4, -0.2) is 11.5 Å². The van der Waals surface area contributed by atoms with Crippen molar-refractivity contribution in [1.29, 1.82) is 0 Å². The fourth-order valence-electron chi connectivity index (χ4n) is 2.67. The van der Waals surface area contributed by atoms with Crippen LogP contribution in [0.1, 0.15) is 34.3 Å². The van der Waals surface area contributed by atoms with Crippen LogP contribution >= 0.6 is 11.3 Å². The second-order valence-electron chi connectivity index (χ2n) is 4.85. The molecule has 1 aliphatic carbocycles. The molecule has 2 aromatic rings. The third kappa shape index (κ3) is 2.47. The van der Waals surface area contributed by atoms with Crippen LogP contribution in [0, 0.1) is 6.92 Å². The molecule has 0 spiro atoms. The maximum Gasteiger partial charge on any atom is 0.0897 e. The molecule has 1 aromatic carbocycles. The smallest absolute Gasteiger partial charge is 0.0897 e. The van der Waals surface area contributed by atoms with E-state index in [2.05, 4.69) is 46.9 Å². The van der Waals surface area contributed by atoms with Crippen molar-refractivity contribution in [2.24, 2.45) is 0 Å². The number of thiazole rings is 1. The van der Waals surface area contributed by atoms with Gasteiger partial charge in [-0.3, -0.25) is 0 Å². The summed E-state index contributed by atoms with van der Waals surface area (Å²) >= 11 is 1.74. The van der Waals surface area contributed by atoms with Crippen LogP contribution in [0.3, 0.4) is 0 Å². The molecule has 0 aliphatic heterocycles. The molecule has 0 bridgehead atoms. The van der Waals surface area contributed by atoms with Crippen molar-refractivity contribution in [1.82, 2.24) is 10.3 Å². The Bertz CT molecular complexity index is 533. The van der Waals surface area contributed by atoms with E-state index in [1.165, 1.54) is 29.7 Å². The molecule has 0 unspecified atom stereocenters.